The van der Waals surface area contributed by atoms with E-state index in [1.54, 1.807) is 26.2 Å². The summed E-state index contributed by atoms with van der Waals surface area (Å²) >= 11 is 6.08. The lowest BCUT2D eigenvalue weighted by molar-refractivity contribution is -0.128. The summed E-state index contributed by atoms with van der Waals surface area (Å²) in [6.45, 7) is 5.73. The lowest BCUT2D eigenvalue weighted by Crippen LogP contribution is -2.38. The van der Waals surface area contributed by atoms with E-state index in [1.807, 2.05) is 44.2 Å². The molecule has 0 fully saturated rings. The predicted molar refractivity (Wildman–Crippen MR) is 100 cm³/mol. The number of ether oxygens (including phenoxy) is 2. The number of methoxy groups -OCH3 is 1. The normalized spacial score (nSPS) is 13.0. The lowest BCUT2D eigenvalue weighted by atomic mass is 10.0. The molecule has 1 amide bonds. The number of benzene rings is 2. The molecule has 0 aromatic heterocycles. The van der Waals surface area contributed by atoms with Crippen molar-refractivity contribution < 1.29 is 14.3 Å². The maximum Gasteiger partial charge on any atom is 0.261 e. The van der Waals surface area contributed by atoms with Gasteiger partial charge in [-0.1, -0.05) is 42.8 Å². The molecule has 0 saturated carbocycles. The molecular weight excluding hydrogens is 338 g/mol. The van der Waals surface area contributed by atoms with E-state index in [-0.39, 0.29) is 11.9 Å². The molecule has 25 heavy (non-hydrogen) atoms. The summed E-state index contributed by atoms with van der Waals surface area (Å²) in [6, 6.07) is 13.0. The zero-order valence-electron chi connectivity index (χ0n) is 15.0. The van der Waals surface area contributed by atoms with Gasteiger partial charge in [-0.3, -0.25) is 4.79 Å². The van der Waals surface area contributed by atoms with Crippen LogP contribution in [0.15, 0.2) is 42.5 Å². The Morgan fingerprint density at radius 3 is 2.52 bits per heavy atom. The van der Waals surface area contributed by atoms with Crippen molar-refractivity contribution in [3.05, 3.63) is 58.6 Å². The minimum Gasteiger partial charge on any atom is -0.496 e. The van der Waals surface area contributed by atoms with Crippen LogP contribution < -0.4 is 14.8 Å². The van der Waals surface area contributed by atoms with E-state index in [0.29, 0.717) is 10.8 Å². The van der Waals surface area contributed by atoms with Crippen LogP contribution in [-0.2, 0) is 4.79 Å². The summed E-state index contributed by atoms with van der Waals surface area (Å²) in [5, 5.41) is 3.53. The van der Waals surface area contributed by atoms with Crippen LogP contribution in [0.1, 0.15) is 37.4 Å². The molecule has 0 bridgehead atoms. The standard InChI is InChI=1S/C20H24ClNO3/c1-5-17(15-10-11-18(24-4)13(2)12-15)22-20(23)14(3)25-19-9-7-6-8-16(19)21/h6-12,14,17H,5H2,1-4H3,(H,22,23)/t14-,17-/m0/s1. The molecule has 0 saturated heterocycles. The summed E-state index contributed by atoms with van der Waals surface area (Å²) in [5.41, 5.74) is 2.08. The molecule has 5 heteroatoms. The molecular formula is C20H24ClNO3. The molecule has 0 unspecified atom stereocenters. The fourth-order valence-corrected chi connectivity index (χ4v) is 2.79. The van der Waals surface area contributed by atoms with Gasteiger partial charge in [0.1, 0.15) is 11.5 Å². The molecule has 0 aliphatic heterocycles. The van der Waals surface area contributed by atoms with Crippen LogP contribution in [0.2, 0.25) is 5.02 Å². The summed E-state index contributed by atoms with van der Waals surface area (Å²) in [4.78, 5) is 12.5. The van der Waals surface area contributed by atoms with Gasteiger partial charge >= 0.3 is 0 Å². The van der Waals surface area contributed by atoms with E-state index < -0.39 is 6.10 Å². The van der Waals surface area contributed by atoms with Crippen LogP contribution in [0.3, 0.4) is 0 Å². The second-order valence-corrected chi connectivity index (χ2v) is 6.30. The third kappa shape index (κ3) is 4.89. The van der Waals surface area contributed by atoms with Gasteiger partial charge in [0.2, 0.25) is 0 Å². The fourth-order valence-electron chi connectivity index (χ4n) is 2.61. The highest BCUT2D eigenvalue weighted by Gasteiger charge is 2.20. The quantitative estimate of drug-likeness (QED) is 0.778. The van der Waals surface area contributed by atoms with Crippen LogP contribution in [0.5, 0.6) is 11.5 Å². The lowest BCUT2D eigenvalue weighted by Gasteiger charge is -2.22. The summed E-state index contributed by atoms with van der Waals surface area (Å²) in [6.07, 6.45) is 0.129. The van der Waals surface area contributed by atoms with Crippen molar-refractivity contribution >= 4 is 17.5 Å². The van der Waals surface area contributed by atoms with Crippen LogP contribution >= 0.6 is 11.6 Å². The van der Waals surface area contributed by atoms with Gasteiger partial charge in [-0.15, -0.1) is 0 Å². The molecule has 0 heterocycles. The minimum atomic E-state index is -0.645. The van der Waals surface area contributed by atoms with Gasteiger partial charge in [0.15, 0.2) is 6.10 Å². The predicted octanol–water partition coefficient (Wildman–Crippen LogP) is 4.69. The Hall–Kier alpha value is -2.20. The number of halogens is 1. The summed E-state index contributed by atoms with van der Waals surface area (Å²) < 4.78 is 11.0. The van der Waals surface area contributed by atoms with E-state index in [4.69, 9.17) is 21.1 Å². The third-order valence-electron chi connectivity index (χ3n) is 4.06. The molecule has 0 aliphatic carbocycles. The Morgan fingerprint density at radius 1 is 1.20 bits per heavy atom. The van der Waals surface area contributed by atoms with E-state index in [1.165, 1.54) is 0 Å². The maximum atomic E-state index is 12.5. The van der Waals surface area contributed by atoms with Crippen LogP contribution in [0.4, 0.5) is 0 Å². The number of nitrogens with one attached hydrogen (secondary N) is 1. The third-order valence-corrected chi connectivity index (χ3v) is 4.37. The first-order chi connectivity index (χ1) is 12.0. The molecule has 0 radical (unpaired) electrons. The number of aryl methyl sites for hydroxylation is 1. The smallest absolute Gasteiger partial charge is 0.261 e. The van der Waals surface area contributed by atoms with E-state index >= 15 is 0 Å². The van der Waals surface area contributed by atoms with Crippen molar-refractivity contribution in [1.82, 2.24) is 5.32 Å². The van der Waals surface area contributed by atoms with E-state index in [0.717, 1.165) is 23.3 Å². The van der Waals surface area contributed by atoms with Gasteiger partial charge < -0.3 is 14.8 Å². The molecule has 1 N–H and O–H groups in total. The SMILES string of the molecule is CC[C@H](NC(=O)[C@H](C)Oc1ccccc1Cl)c1ccc(OC)c(C)c1. The molecule has 0 aliphatic rings. The number of hydrogen-bond acceptors (Lipinski definition) is 3. The summed E-state index contributed by atoms with van der Waals surface area (Å²) in [5.74, 6) is 1.15. The zero-order chi connectivity index (χ0) is 18.4. The highest BCUT2D eigenvalue weighted by atomic mass is 35.5. The molecule has 2 rings (SSSR count). The Kier molecular flexibility index (Phi) is 6.71. The van der Waals surface area contributed by atoms with Gasteiger partial charge in [-0.2, -0.15) is 0 Å². The largest absolute Gasteiger partial charge is 0.496 e. The second-order valence-electron chi connectivity index (χ2n) is 5.89. The highest BCUT2D eigenvalue weighted by Crippen LogP contribution is 2.26. The van der Waals surface area contributed by atoms with Gasteiger partial charge in [0.05, 0.1) is 18.2 Å². The average Bonchev–Trinajstić information content (AvgIpc) is 2.61. The maximum absolute atomic E-state index is 12.5. The van der Waals surface area contributed by atoms with Gasteiger partial charge in [0, 0.05) is 0 Å². The Bertz CT molecular complexity index is 733. The summed E-state index contributed by atoms with van der Waals surface area (Å²) in [7, 11) is 1.65. The van der Waals surface area contributed by atoms with Gasteiger partial charge in [-0.05, 0) is 49.6 Å². The van der Waals surface area contributed by atoms with E-state index in [2.05, 4.69) is 5.32 Å². The number of carbonyl (C=O) groups excluding carboxylic acids is 1. The number of carbonyl (C=O) groups is 1. The Labute approximate surface area is 154 Å². The molecule has 4 nitrogen and oxygen atoms in total. The minimum absolute atomic E-state index is 0.0885. The number of amides is 1. The first-order valence-electron chi connectivity index (χ1n) is 8.32. The van der Waals surface area contributed by atoms with Crippen LogP contribution in [-0.4, -0.2) is 19.1 Å². The Balaban J connectivity index is 2.06. The van der Waals surface area contributed by atoms with Gasteiger partial charge in [0.25, 0.3) is 5.91 Å². The zero-order valence-corrected chi connectivity index (χ0v) is 15.8. The van der Waals surface area contributed by atoms with Crippen LogP contribution in [0, 0.1) is 6.92 Å². The van der Waals surface area contributed by atoms with Gasteiger partial charge in [-0.25, -0.2) is 0 Å². The first-order valence-corrected chi connectivity index (χ1v) is 8.70. The van der Waals surface area contributed by atoms with E-state index in [9.17, 15) is 4.79 Å². The van der Waals surface area contributed by atoms with Crippen molar-refractivity contribution in [2.75, 3.05) is 7.11 Å². The second kappa shape index (κ2) is 8.77. The Morgan fingerprint density at radius 2 is 1.92 bits per heavy atom. The molecule has 2 atom stereocenters. The molecule has 0 spiro atoms. The van der Waals surface area contributed by atoms with Crippen molar-refractivity contribution in [2.24, 2.45) is 0 Å². The van der Waals surface area contributed by atoms with Crippen molar-refractivity contribution in [2.45, 2.75) is 39.3 Å². The molecule has 2 aromatic rings. The monoisotopic (exact) mass is 361 g/mol. The van der Waals surface area contributed by atoms with Crippen molar-refractivity contribution in [3.8, 4) is 11.5 Å². The number of hydrogen-bond donors (Lipinski definition) is 1. The first kappa shape index (κ1) is 19.1. The molecule has 2 aromatic carbocycles. The highest BCUT2D eigenvalue weighted by molar-refractivity contribution is 6.32. The number of rotatable bonds is 7. The number of para-hydroxylation sites is 1. The molecule has 134 valence electrons. The van der Waals surface area contributed by atoms with Crippen molar-refractivity contribution in [3.63, 3.8) is 0 Å². The van der Waals surface area contributed by atoms with Crippen molar-refractivity contribution in [1.29, 1.82) is 0 Å². The average molecular weight is 362 g/mol. The topological polar surface area (TPSA) is 47.6 Å². The van der Waals surface area contributed by atoms with Crippen LogP contribution in [0.25, 0.3) is 0 Å². The fraction of sp³-hybridized carbons (Fsp3) is 0.350.